The van der Waals surface area contributed by atoms with Gasteiger partial charge in [0.1, 0.15) is 0 Å². The van der Waals surface area contributed by atoms with Crippen LogP contribution in [0.25, 0.3) is 0 Å². The molecule has 1 atom stereocenters. The van der Waals surface area contributed by atoms with Crippen LogP contribution in [0.15, 0.2) is 0 Å². The van der Waals surface area contributed by atoms with Crippen LogP contribution in [-0.4, -0.2) is 41.9 Å². The molecule has 3 heteroatoms. The van der Waals surface area contributed by atoms with E-state index < -0.39 is 0 Å². The molecule has 0 aliphatic heterocycles. The molecular formula is C13H26BrNS. The molecule has 16 heavy (non-hydrogen) atoms. The van der Waals surface area contributed by atoms with Crippen LogP contribution in [0.5, 0.6) is 0 Å². The lowest BCUT2D eigenvalue weighted by molar-refractivity contribution is 0.163. The Morgan fingerprint density at radius 3 is 2.44 bits per heavy atom. The van der Waals surface area contributed by atoms with Gasteiger partial charge in [-0.1, -0.05) is 35.7 Å². The van der Waals surface area contributed by atoms with Gasteiger partial charge < -0.3 is 4.90 Å². The lowest BCUT2D eigenvalue weighted by Gasteiger charge is -2.36. The molecule has 0 heterocycles. The Kier molecular flexibility index (Phi) is 6.75. The maximum atomic E-state index is 3.74. The normalized spacial score (nSPS) is 21.6. The molecule has 1 fully saturated rings. The van der Waals surface area contributed by atoms with Gasteiger partial charge in [0.2, 0.25) is 0 Å². The van der Waals surface area contributed by atoms with E-state index in [2.05, 4.69) is 41.1 Å². The highest BCUT2D eigenvalue weighted by molar-refractivity contribution is 9.09. The maximum Gasteiger partial charge on any atom is 0.0180 e. The summed E-state index contributed by atoms with van der Waals surface area (Å²) in [5, 5.41) is 1.18. The number of hydrogen-bond acceptors (Lipinski definition) is 2. The van der Waals surface area contributed by atoms with Crippen LogP contribution in [-0.2, 0) is 0 Å². The van der Waals surface area contributed by atoms with Crippen molar-refractivity contribution in [2.24, 2.45) is 5.41 Å². The van der Waals surface area contributed by atoms with E-state index in [-0.39, 0.29) is 0 Å². The third-order valence-electron chi connectivity index (χ3n) is 3.99. The molecule has 1 nitrogen and oxygen atoms in total. The molecule has 0 amide bonds. The van der Waals surface area contributed by atoms with E-state index in [9.17, 15) is 0 Å². The fraction of sp³-hybridized carbons (Fsp3) is 1.00. The Morgan fingerprint density at radius 2 is 2.00 bits per heavy atom. The summed E-state index contributed by atoms with van der Waals surface area (Å²) in [7, 11) is 2.31. The van der Waals surface area contributed by atoms with Crippen LogP contribution in [0.1, 0.15) is 39.0 Å². The Hall–Kier alpha value is 0.790. The van der Waals surface area contributed by atoms with Crippen molar-refractivity contribution in [2.45, 2.75) is 45.1 Å². The smallest absolute Gasteiger partial charge is 0.0180 e. The van der Waals surface area contributed by atoms with Gasteiger partial charge in [0.15, 0.2) is 0 Å². The highest BCUT2D eigenvalue weighted by atomic mass is 79.9. The Morgan fingerprint density at radius 1 is 1.38 bits per heavy atom. The van der Waals surface area contributed by atoms with Gasteiger partial charge in [0.25, 0.3) is 0 Å². The summed E-state index contributed by atoms with van der Waals surface area (Å²) >= 11 is 5.71. The number of alkyl halides is 1. The van der Waals surface area contributed by atoms with E-state index in [1.807, 2.05) is 11.8 Å². The summed E-state index contributed by atoms with van der Waals surface area (Å²) in [5.74, 6) is 1.27. The van der Waals surface area contributed by atoms with Crippen molar-refractivity contribution < 1.29 is 0 Å². The highest BCUT2D eigenvalue weighted by Crippen LogP contribution is 2.40. The average molecular weight is 308 g/mol. The zero-order valence-corrected chi connectivity index (χ0v) is 13.4. The van der Waals surface area contributed by atoms with Crippen LogP contribution in [0, 0.1) is 5.41 Å². The lowest BCUT2D eigenvalue weighted by atomic mass is 9.88. The fourth-order valence-corrected chi connectivity index (χ4v) is 4.48. The summed E-state index contributed by atoms with van der Waals surface area (Å²) in [4.78, 5) is 2.60. The Bertz CT molecular complexity index is 192. The van der Waals surface area contributed by atoms with Crippen LogP contribution in [0.2, 0.25) is 0 Å². The number of rotatable bonds is 7. The largest absolute Gasteiger partial charge is 0.302 e. The van der Waals surface area contributed by atoms with Gasteiger partial charge in [-0.25, -0.2) is 0 Å². The average Bonchev–Trinajstić information content (AvgIpc) is 2.75. The van der Waals surface area contributed by atoms with E-state index in [1.165, 1.54) is 49.7 Å². The second-order valence-electron chi connectivity index (χ2n) is 5.27. The molecule has 0 radical (unpaired) electrons. The SMILES string of the molecule is CCC(CSC)N(C)CC1(CBr)CCCC1. The molecule has 1 saturated carbocycles. The van der Waals surface area contributed by atoms with Crippen molar-refractivity contribution in [2.75, 3.05) is 30.9 Å². The van der Waals surface area contributed by atoms with Crippen molar-refractivity contribution in [1.82, 2.24) is 4.90 Å². The van der Waals surface area contributed by atoms with Crippen LogP contribution >= 0.6 is 27.7 Å². The van der Waals surface area contributed by atoms with Crippen LogP contribution in [0.4, 0.5) is 0 Å². The van der Waals surface area contributed by atoms with Crippen molar-refractivity contribution >= 4 is 27.7 Å². The number of nitrogens with zero attached hydrogens (tertiary/aromatic N) is 1. The first-order chi connectivity index (χ1) is 7.67. The molecule has 0 bridgehead atoms. The fourth-order valence-electron chi connectivity index (χ4n) is 2.87. The quantitative estimate of drug-likeness (QED) is 0.654. The first-order valence-corrected chi connectivity index (χ1v) is 8.94. The molecule has 0 aromatic heterocycles. The summed E-state index contributed by atoms with van der Waals surface area (Å²) < 4.78 is 0. The molecule has 0 saturated heterocycles. The monoisotopic (exact) mass is 307 g/mol. The second-order valence-corrected chi connectivity index (χ2v) is 6.74. The number of hydrogen-bond donors (Lipinski definition) is 0. The van der Waals surface area contributed by atoms with Crippen molar-refractivity contribution in [3.8, 4) is 0 Å². The second kappa shape index (κ2) is 7.27. The van der Waals surface area contributed by atoms with E-state index in [1.54, 1.807) is 0 Å². The number of halogens is 1. The predicted octanol–water partition coefficient (Wildman–Crippen LogP) is 4.02. The third kappa shape index (κ3) is 3.92. The molecule has 0 N–H and O–H groups in total. The minimum absolute atomic E-state index is 0.570. The lowest BCUT2D eigenvalue weighted by Crippen LogP contribution is -2.41. The Balaban J connectivity index is 2.49. The van der Waals surface area contributed by atoms with Crippen LogP contribution in [0.3, 0.4) is 0 Å². The van der Waals surface area contributed by atoms with Gasteiger partial charge >= 0.3 is 0 Å². The first kappa shape index (κ1) is 14.8. The summed E-state index contributed by atoms with van der Waals surface area (Å²) in [6.07, 6.45) is 9.18. The molecule has 96 valence electrons. The molecule has 1 unspecified atom stereocenters. The van der Waals surface area contributed by atoms with Gasteiger partial charge in [-0.05, 0) is 38.0 Å². The molecule has 0 spiro atoms. The summed E-state index contributed by atoms with van der Waals surface area (Å²) in [6, 6.07) is 0.756. The van der Waals surface area contributed by atoms with Gasteiger partial charge in [-0.15, -0.1) is 0 Å². The zero-order valence-electron chi connectivity index (χ0n) is 11.0. The van der Waals surface area contributed by atoms with Crippen molar-refractivity contribution in [3.05, 3.63) is 0 Å². The Labute approximate surface area is 114 Å². The minimum atomic E-state index is 0.570. The zero-order chi connectivity index (χ0) is 12.0. The third-order valence-corrected chi connectivity index (χ3v) is 5.89. The maximum absolute atomic E-state index is 3.74. The van der Waals surface area contributed by atoms with Crippen molar-refractivity contribution in [1.29, 1.82) is 0 Å². The topological polar surface area (TPSA) is 3.24 Å². The summed E-state index contributed by atoms with van der Waals surface area (Å²) in [6.45, 7) is 3.59. The van der Waals surface area contributed by atoms with Crippen LogP contribution < -0.4 is 0 Å². The molecule has 1 aliphatic rings. The van der Waals surface area contributed by atoms with Gasteiger partial charge in [0, 0.05) is 23.7 Å². The first-order valence-electron chi connectivity index (χ1n) is 6.42. The molecular weight excluding hydrogens is 282 g/mol. The molecule has 0 aromatic rings. The van der Waals surface area contributed by atoms with E-state index in [4.69, 9.17) is 0 Å². The molecule has 0 aromatic carbocycles. The minimum Gasteiger partial charge on any atom is -0.302 e. The van der Waals surface area contributed by atoms with Gasteiger partial charge in [-0.3, -0.25) is 0 Å². The van der Waals surface area contributed by atoms with Gasteiger partial charge in [-0.2, -0.15) is 11.8 Å². The van der Waals surface area contributed by atoms with E-state index in [0.29, 0.717) is 5.41 Å². The van der Waals surface area contributed by atoms with Crippen molar-refractivity contribution in [3.63, 3.8) is 0 Å². The predicted molar refractivity (Wildman–Crippen MR) is 79.8 cm³/mol. The van der Waals surface area contributed by atoms with Gasteiger partial charge in [0.05, 0.1) is 0 Å². The standard InChI is InChI=1S/C13H26BrNS/c1-4-12(9-16-3)15(2)11-13(10-14)7-5-6-8-13/h12H,4-11H2,1-3H3. The highest BCUT2D eigenvalue weighted by Gasteiger charge is 2.34. The van der Waals surface area contributed by atoms with E-state index >= 15 is 0 Å². The number of thioether (sulfide) groups is 1. The molecule has 1 rings (SSSR count). The van der Waals surface area contributed by atoms with E-state index in [0.717, 1.165) is 6.04 Å². The molecule has 1 aliphatic carbocycles. The summed E-state index contributed by atoms with van der Waals surface area (Å²) in [5.41, 5.74) is 0.570.